The van der Waals surface area contributed by atoms with E-state index in [1.807, 2.05) is 4.90 Å². The predicted molar refractivity (Wildman–Crippen MR) is 67.7 cm³/mol. The Morgan fingerprint density at radius 2 is 1.71 bits per heavy atom. The molecule has 1 amide bonds. The topological polar surface area (TPSA) is 29.5 Å². The lowest BCUT2D eigenvalue weighted by atomic mass is 9.76. The molecule has 0 aromatic rings. The van der Waals surface area contributed by atoms with Crippen molar-refractivity contribution in [2.45, 2.75) is 39.5 Å². The molecule has 98 valence electrons. The van der Waals surface area contributed by atoms with Gasteiger partial charge in [0.25, 0.3) is 0 Å². The summed E-state index contributed by atoms with van der Waals surface area (Å²) in [6.45, 7) is 7.62. The lowest BCUT2D eigenvalue weighted by Gasteiger charge is -2.35. The van der Waals surface area contributed by atoms with E-state index in [0.717, 1.165) is 37.8 Å². The SMILES string of the molecule is CC(C)C1CCC(C(=O)N2CCOCC2)CC1. The van der Waals surface area contributed by atoms with Crippen LogP contribution in [0.1, 0.15) is 39.5 Å². The molecule has 0 spiro atoms. The molecule has 0 bridgehead atoms. The lowest BCUT2D eigenvalue weighted by molar-refractivity contribution is -0.141. The van der Waals surface area contributed by atoms with Gasteiger partial charge in [-0.05, 0) is 37.5 Å². The smallest absolute Gasteiger partial charge is 0.225 e. The van der Waals surface area contributed by atoms with E-state index in [0.29, 0.717) is 25.0 Å². The van der Waals surface area contributed by atoms with Gasteiger partial charge in [-0.1, -0.05) is 13.8 Å². The highest BCUT2D eigenvalue weighted by Crippen LogP contribution is 2.34. The Labute approximate surface area is 105 Å². The summed E-state index contributed by atoms with van der Waals surface area (Å²) < 4.78 is 5.29. The number of nitrogens with zero attached hydrogens (tertiary/aromatic N) is 1. The van der Waals surface area contributed by atoms with Crippen molar-refractivity contribution in [1.29, 1.82) is 0 Å². The molecule has 1 saturated carbocycles. The highest BCUT2D eigenvalue weighted by Gasteiger charge is 2.30. The molecule has 0 radical (unpaired) electrons. The van der Waals surface area contributed by atoms with E-state index in [1.54, 1.807) is 0 Å². The first-order valence-corrected chi connectivity index (χ1v) is 7.05. The van der Waals surface area contributed by atoms with Crippen LogP contribution in [0.2, 0.25) is 0 Å². The van der Waals surface area contributed by atoms with Crippen molar-refractivity contribution in [1.82, 2.24) is 4.90 Å². The first-order chi connectivity index (χ1) is 8.18. The van der Waals surface area contributed by atoms with Crippen LogP contribution in [0.5, 0.6) is 0 Å². The van der Waals surface area contributed by atoms with Crippen LogP contribution in [0.3, 0.4) is 0 Å². The quantitative estimate of drug-likeness (QED) is 0.740. The van der Waals surface area contributed by atoms with Crippen molar-refractivity contribution < 1.29 is 9.53 Å². The number of morpholine rings is 1. The molecular weight excluding hydrogens is 214 g/mol. The molecule has 0 aromatic carbocycles. The normalized spacial score (nSPS) is 30.6. The van der Waals surface area contributed by atoms with Gasteiger partial charge in [-0.2, -0.15) is 0 Å². The van der Waals surface area contributed by atoms with Crippen molar-refractivity contribution >= 4 is 5.91 Å². The second-order valence-electron chi connectivity index (χ2n) is 5.79. The van der Waals surface area contributed by atoms with E-state index >= 15 is 0 Å². The van der Waals surface area contributed by atoms with Gasteiger partial charge in [-0.15, -0.1) is 0 Å². The zero-order chi connectivity index (χ0) is 12.3. The Morgan fingerprint density at radius 1 is 1.12 bits per heavy atom. The van der Waals surface area contributed by atoms with Gasteiger partial charge in [0.05, 0.1) is 13.2 Å². The van der Waals surface area contributed by atoms with Crippen LogP contribution in [0.4, 0.5) is 0 Å². The number of carbonyl (C=O) groups excluding carboxylic acids is 1. The van der Waals surface area contributed by atoms with Gasteiger partial charge in [0.15, 0.2) is 0 Å². The van der Waals surface area contributed by atoms with E-state index in [9.17, 15) is 4.79 Å². The summed E-state index contributed by atoms with van der Waals surface area (Å²) in [7, 11) is 0. The minimum Gasteiger partial charge on any atom is -0.378 e. The van der Waals surface area contributed by atoms with Gasteiger partial charge in [-0.3, -0.25) is 4.79 Å². The average Bonchev–Trinajstić information content (AvgIpc) is 2.39. The van der Waals surface area contributed by atoms with Crippen molar-refractivity contribution in [3.05, 3.63) is 0 Å². The summed E-state index contributed by atoms with van der Waals surface area (Å²) in [6.07, 6.45) is 4.66. The highest BCUT2D eigenvalue weighted by molar-refractivity contribution is 5.79. The largest absolute Gasteiger partial charge is 0.378 e. The van der Waals surface area contributed by atoms with Gasteiger partial charge < -0.3 is 9.64 Å². The fraction of sp³-hybridized carbons (Fsp3) is 0.929. The molecule has 1 aliphatic heterocycles. The number of ether oxygens (including phenoxy) is 1. The summed E-state index contributed by atoms with van der Waals surface area (Å²) in [5.74, 6) is 2.29. The van der Waals surface area contributed by atoms with Gasteiger partial charge in [0, 0.05) is 19.0 Å². The highest BCUT2D eigenvalue weighted by atomic mass is 16.5. The fourth-order valence-electron chi connectivity index (χ4n) is 3.07. The average molecular weight is 239 g/mol. The first-order valence-electron chi connectivity index (χ1n) is 7.05. The lowest BCUT2D eigenvalue weighted by Crippen LogP contribution is -2.44. The Balaban J connectivity index is 1.81. The molecule has 3 heteroatoms. The second-order valence-corrected chi connectivity index (χ2v) is 5.79. The monoisotopic (exact) mass is 239 g/mol. The van der Waals surface area contributed by atoms with E-state index in [1.165, 1.54) is 12.8 Å². The van der Waals surface area contributed by atoms with Crippen molar-refractivity contribution in [2.24, 2.45) is 17.8 Å². The molecule has 17 heavy (non-hydrogen) atoms. The molecule has 2 fully saturated rings. The molecule has 2 aliphatic rings. The third-order valence-electron chi connectivity index (χ3n) is 4.39. The molecule has 0 unspecified atom stereocenters. The molecule has 3 nitrogen and oxygen atoms in total. The minimum absolute atomic E-state index is 0.295. The van der Waals surface area contributed by atoms with Gasteiger partial charge >= 0.3 is 0 Å². The molecule has 2 rings (SSSR count). The molecular formula is C14H25NO2. The van der Waals surface area contributed by atoms with Crippen LogP contribution >= 0.6 is 0 Å². The minimum atomic E-state index is 0.295. The summed E-state index contributed by atoms with van der Waals surface area (Å²) in [6, 6.07) is 0. The molecule has 1 heterocycles. The summed E-state index contributed by atoms with van der Waals surface area (Å²) in [4.78, 5) is 14.3. The van der Waals surface area contributed by atoms with Crippen molar-refractivity contribution in [3.63, 3.8) is 0 Å². The van der Waals surface area contributed by atoms with Gasteiger partial charge in [-0.25, -0.2) is 0 Å². The maximum atomic E-state index is 12.3. The summed E-state index contributed by atoms with van der Waals surface area (Å²) in [5.41, 5.74) is 0. The number of amides is 1. The number of hydrogen-bond acceptors (Lipinski definition) is 2. The van der Waals surface area contributed by atoms with E-state index < -0.39 is 0 Å². The van der Waals surface area contributed by atoms with Crippen LogP contribution in [0, 0.1) is 17.8 Å². The third-order valence-corrected chi connectivity index (χ3v) is 4.39. The maximum Gasteiger partial charge on any atom is 0.225 e. The van der Waals surface area contributed by atoms with Crippen LogP contribution in [0.25, 0.3) is 0 Å². The predicted octanol–water partition coefficient (Wildman–Crippen LogP) is 2.31. The Morgan fingerprint density at radius 3 is 2.24 bits per heavy atom. The summed E-state index contributed by atoms with van der Waals surface area (Å²) in [5, 5.41) is 0. The van der Waals surface area contributed by atoms with Gasteiger partial charge in [0.1, 0.15) is 0 Å². The molecule has 0 atom stereocenters. The summed E-state index contributed by atoms with van der Waals surface area (Å²) >= 11 is 0. The fourth-order valence-corrected chi connectivity index (χ4v) is 3.07. The van der Waals surface area contributed by atoms with Crippen LogP contribution in [-0.4, -0.2) is 37.1 Å². The standard InChI is InChI=1S/C14H25NO2/c1-11(2)12-3-5-13(6-4-12)14(16)15-7-9-17-10-8-15/h11-13H,3-10H2,1-2H3. The van der Waals surface area contributed by atoms with Crippen LogP contribution < -0.4 is 0 Å². The Hall–Kier alpha value is -0.570. The molecule has 1 aliphatic carbocycles. The van der Waals surface area contributed by atoms with Crippen LogP contribution in [-0.2, 0) is 9.53 Å². The third kappa shape index (κ3) is 3.21. The zero-order valence-corrected chi connectivity index (χ0v) is 11.2. The first kappa shape index (κ1) is 12.9. The Bertz CT molecular complexity index is 251. The van der Waals surface area contributed by atoms with Gasteiger partial charge in [0.2, 0.25) is 5.91 Å². The zero-order valence-electron chi connectivity index (χ0n) is 11.2. The molecule has 0 N–H and O–H groups in total. The Kier molecular flexibility index (Phi) is 4.43. The number of rotatable bonds is 2. The van der Waals surface area contributed by atoms with E-state index in [2.05, 4.69) is 13.8 Å². The van der Waals surface area contributed by atoms with E-state index in [4.69, 9.17) is 4.74 Å². The van der Waals surface area contributed by atoms with Crippen molar-refractivity contribution in [3.8, 4) is 0 Å². The number of carbonyl (C=O) groups is 1. The maximum absolute atomic E-state index is 12.3. The van der Waals surface area contributed by atoms with Crippen LogP contribution in [0.15, 0.2) is 0 Å². The number of hydrogen-bond donors (Lipinski definition) is 0. The molecule has 0 aromatic heterocycles. The second kappa shape index (κ2) is 5.85. The van der Waals surface area contributed by atoms with Crippen molar-refractivity contribution in [2.75, 3.05) is 26.3 Å². The molecule has 1 saturated heterocycles. The van der Waals surface area contributed by atoms with E-state index in [-0.39, 0.29) is 0 Å².